The molecule has 5 heteroatoms. The summed E-state index contributed by atoms with van der Waals surface area (Å²) in [4.78, 5) is 12.8. The van der Waals surface area contributed by atoms with Gasteiger partial charge in [-0.2, -0.15) is 5.26 Å². The third-order valence-electron chi connectivity index (χ3n) is 9.01. The number of amides is 1. The maximum Gasteiger partial charge on any atom is 0.266 e. The molecule has 0 radical (unpaired) electrons. The molecular formula is C32H32ClN3O. The zero-order valence-corrected chi connectivity index (χ0v) is 22.2. The minimum absolute atomic E-state index is 0.0624. The van der Waals surface area contributed by atoms with Gasteiger partial charge in [-0.3, -0.25) is 4.79 Å². The first kappa shape index (κ1) is 24.1. The lowest BCUT2D eigenvalue weighted by Crippen LogP contribution is -2.48. The van der Waals surface area contributed by atoms with Crippen LogP contribution in [0.25, 0.3) is 11.8 Å². The third-order valence-corrected chi connectivity index (χ3v) is 9.27. The summed E-state index contributed by atoms with van der Waals surface area (Å²) in [6.07, 6.45) is 10.1. The Kier molecular flexibility index (Phi) is 6.00. The third kappa shape index (κ3) is 4.40. The molecule has 1 N–H and O–H groups in total. The Bertz CT molecular complexity index is 1390. The molecule has 3 aromatic rings. The van der Waals surface area contributed by atoms with Crippen molar-refractivity contribution in [3.8, 4) is 11.8 Å². The van der Waals surface area contributed by atoms with Crippen molar-refractivity contribution in [2.24, 2.45) is 17.8 Å². The van der Waals surface area contributed by atoms with Crippen LogP contribution in [0.4, 0.5) is 5.69 Å². The van der Waals surface area contributed by atoms with Crippen molar-refractivity contribution in [2.45, 2.75) is 57.8 Å². The monoisotopic (exact) mass is 509 g/mol. The quantitative estimate of drug-likeness (QED) is 0.282. The molecule has 4 aliphatic rings. The molecule has 188 valence electrons. The van der Waals surface area contributed by atoms with Gasteiger partial charge in [0, 0.05) is 27.8 Å². The van der Waals surface area contributed by atoms with Crippen molar-refractivity contribution < 1.29 is 4.79 Å². The molecule has 4 fully saturated rings. The van der Waals surface area contributed by atoms with Crippen molar-refractivity contribution >= 4 is 29.3 Å². The van der Waals surface area contributed by atoms with Crippen LogP contribution >= 0.6 is 11.6 Å². The van der Waals surface area contributed by atoms with E-state index in [4.69, 9.17) is 11.6 Å². The summed E-state index contributed by atoms with van der Waals surface area (Å²) in [5.41, 5.74) is 6.63. The molecule has 37 heavy (non-hydrogen) atoms. The van der Waals surface area contributed by atoms with E-state index in [0.717, 1.165) is 40.4 Å². The van der Waals surface area contributed by atoms with Gasteiger partial charge in [0.1, 0.15) is 11.6 Å². The number of anilines is 1. The standard InChI is InChI=1S/C32H32ClN3O/c1-20-11-25(15-26(19-34)31(37)35-29-7-5-28(33)6-8-29)21(2)36(20)30-9-3-27(4-10-30)32-16-22-12-23(17-32)14-24(13-22)18-32/h3-11,15,22-24H,12-14,16-18H2,1-2H3,(H,35,37)/b26-15-. The lowest BCUT2D eigenvalue weighted by molar-refractivity contribution is -0.112. The fourth-order valence-corrected chi connectivity index (χ4v) is 7.92. The van der Waals surface area contributed by atoms with Gasteiger partial charge in [0.2, 0.25) is 0 Å². The van der Waals surface area contributed by atoms with E-state index >= 15 is 0 Å². The highest BCUT2D eigenvalue weighted by molar-refractivity contribution is 6.30. The Labute approximate surface area is 224 Å². The number of hydrogen-bond donors (Lipinski definition) is 1. The minimum Gasteiger partial charge on any atom is -0.321 e. The van der Waals surface area contributed by atoms with Gasteiger partial charge in [-0.15, -0.1) is 0 Å². The Morgan fingerprint density at radius 2 is 1.59 bits per heavy atom. The largest absolute Gasteiger partial charge is 0.321 e. The smallest absolute Gasteiger partial charge is 0.266 e. The Morgan fingerprint density at radius 3 is 2.16 bits per heavy atom. The van der Waals surface area contributed by atoms with Gasteiger partial charge < -0.3 is 9.88 Å². The van der Waals surface area contributed by atoms with Crippen molar-refractivity contribution in [3.63, 3.8) is 0 Å². The van der Waals surface area contributed by atoms with Crippen LogP contribution in [0.15, 0.2) is 60.2 Å². The van der Waals surface area contributed by atoms with E-state index in [1.54, 1.807) is 30.3 Å². The van der Waals surface area contributed by atoms with Gasteiger partial charge in [0.15, 0.2) is 0 Å². The predicted molar refractivity (Wildman–Crippen MR) is 149 cm³/mol. The number of halogens is 1. The van der Waals surface area contributed by atoms with Crippen molar-refractivity contribution in [2.75, 3.05) is 5.32 Å². The van der Waals surface area contributed by atoms with Crippen LogP contribution in [-0.4, -0.2) is 10.5 Å². The number of benzene rings is 2. The van der Waals surface area contributed by atoms with Crippen LogP contribution < -0.4 is 5.32 Å². The second-order valence-electron chi connectivity index (χ2n) is 11.5. The molecule has 4 bridgehead atoms. The van der Waals surface area contributed by atoms with Crippen LogP contribution in [-0.2, 0) is 10.2 Å². The van der Waals surface area contributed by atoms with Crippen molar-refractivity contribution in [1.29, 1.82) is 5.26 Å². The Balaban J connectivity index is 1.25. The molecule has 0 saturated heterocycles. The number of nitriles is 1. The first-order valence-electron chi connectivity index (χ1n) is 13.3. The molecule has 4 saturated carbocycles. The fraction of sp³-hybridized carbons (Fsp3) is 0.375. The molecule has 7 rings (SSSR count). The highest BCUT2D eigenvalue weighted by Crippen LogP contribution is 2.60. The maximum absolute atomic E-state index is 12.8. The summed E-state index contributed by atoms with van der Waals surface area (Å²) in [5.74, 6) is 2.36. The van der Waals surface area contributed by atoms with Crippen LogP contribution in [0, 0.1) is 42.9 Å². The van der Waals surface area contributed by atoms with Gasteiger partial charge in [0.25, 0.3) is 5.91 Å². The van der Waals surface area contributed by atoms with Crippen LogP contribution in [0.3, 0.4) is 0 Å². The molecule has 1 heterocycles. The number of nitrogens with one attached hydrogen (secondary N) is 1. The number of aromatic nitrogens is 1. The van der Waals surface area contributed by atoms with Crippen LogP contribution in [0.5, 0.6) is 0 Å². The van der Waals surface area contributed by atoms with Gasteiger partial charge in [-0.05, 0) is 135 Å². The van der Waals surface area contributed by atoms with Crippen LogP contribution in [0.1, 0.15) is 61.0 Å². The van der Waals surface area contributed by atoms with Crippen molar-refractivity contribution in [3.05, 3.63) is 87.7 Å². The highest BCUT2D eigenvalue weighted by Gasteiger charge is 2.51. The first-order chi connectivity index (χ1) is 17.8. The zero-order valence-electron chi connectivity index (χ0n) is 21.4. The van der Waals surface area contributed by atoms with Gasteiger partial charge in [-0.1, -0.05) is 23.7 Å². The molecule has 2 aromatic carbocycles. The number of hydrogen-bond acceptors (Lipinski definition) is 2. The Hall–Kier alpha value is -3.29. The van der Waals surface area contributed by atoms with Crippen LogP contribution in [0.2, 0.25) is 5.02 Å². The molecule has 0 atom stereocenters. The number of rotatable bonds is 5. The van der Waals surface area contributed by atoms with E-state index in [2.05, 4.69) is 47.1 Å². The normalized spacial score (nSPS) is 26.2. The molecule has 4 aliphatic carbocycles. The summed E-state index contributed by atoms with van der Waals surface area (Å²) in [6, 6.07) is 20.2. The van der Waals surface area contributed by atoms with E-state index in [-0.39, 0.29) is 5.57 Å². The predicted octanol–water partition coefficient (Wildman–Crippen LogP) is 7.76. The fourth-order valence-electron chi connectivity index (χ4n) is 7.80. The number of carbonyl (C=O) groups is 1. The average molecular weight is 510 g/mol. The molecule has 4 nitrogen and oxygen atoms in total. The number of aryl methyl sites for hydroxylation is 1. The summed E-state index contributed by atoms with van der Waals surface area (Å²) in [7, 11) is 0. The van der Waals surface area contributed by atoms with E-state index in [9.17, 15) is 10.1 Å². The summed E-state index contributed by atoms with van der Waals surface area (Å²) < 4.78 is 2.21. The molecule has 0 unspecified atom stereocenters. The van der Waals surface area contributed by atoms with E-state index in [1.165, 1.54) is 44.1 Å². The average Bonchev–Trinajstić information content (AvgIpc) is 3.15. The van der Waals surface area contributed by atoms with Gasteiger partial charge in [-0.25, -0.2) is 0 Å². The number of nitrogens with zero attached hydrogens (tertiary/aromatic N) is 2. The SMILES string of the molecule is Cc1cc(/C=C(/C#N)C(=O)Nc2ccc(Cl)cc2)c(C)n1-c1ccc(C23CC4CC(CC(C4)C2)C3)cc1. The van der Waals surface area contributed by atoms with Gasteiger partial charge in [0.05, 0.1) is 0 Å². The van der Waals surface area contributed by atoms with E-state index < -0.39 is 5.91 Å². The molecule has 0 spiro atoms. The van der Waals surface area contributed by atoms with E-state index in [0.29, 0.717) is 16.1 Å². The maximum atomic E-state index is 12.8. The molecule has 1 aromatic heterocycles. The summed E-state index contributed by atoms with van der Waals surface area (Å²) in [5, 5.41) is 13.1. The Morgan fingerprint density at radius 1 is 1.00 bits per heavy atom. The minimum atomic E-state index is -0.436. The molecular weight excluding hydrogens is 478 g/mol. The second kappa shape index (κ2) is 9.23. The lowest BCUT2D eigenvalue weighted by Gasteiger charge is -2.57. The molecule has 1 amide bonds. The topological polar surface area (TPSA) is 57.8 Å². The summed E-state index contributed by atoms with van der Waals surface area (Å²) in [6.45, 7) is 4.11. The summed E-state index contributed by atoms with van der Waals surface area (Å²) >= 11 is 5.93. The zero-order chi connectivity index (χ0) is 25.7. The number of carbonyl (C=O) groups excluding carboxylic acids is 1. The lowest BCUT2D eigenvalue weighted by atomic mass is 9.48. The second-order valence-corrected chi connectivity index (χ2v) is 12.0. The molecule has 0 aliphatic heterocycles. The van der Waals surface area contributed by atoms with Crippen molar-refractivity contribution in [1.82, 2.24) is 4.57 Å². The van der Waals surface area contributed by atoms with Gasteiger partial charge >= 0.3 is 0 Å². The van der Waals surface area contributed by atoms with E-state index in [1.807, 2.05) is 13.0 Å². The first-order valence-corrected chi connectivity index (χ1v) is 13.7. The highest BCUT2D eigenvalue weighted by atomic mass is 35.5.